The van der Waals surface area contributed by atoms with Gasteiger partial charge in [0.05, 0.1) is 11.7 Å². The number of anilines is 1. The molecule has 1 N–H and O–H groups in total. The monoisotopic (exact) mass is 325 g/mol. The molecule has 6 nitrogen and oxygen atoms in total. The zero-order valence-electron chi connectivity index (χ0n) is 14.1. The van der Waals surface area contributed by atoms with Crippen LogP contribution in [0.15, 0.2) is 36.8 Å². The summed E-state index contributed by atoms with van der Waals surface area (Å²) >= 11 is 0. The number of hydrogen-bond acceptors (Lipinski definition) is 4. The van der Waals surface area contributed by atoms with E-state index >= 15 is 0 Å². The molecule has 1 aromatic carbocycles. The molecule has 0 bridgehead atoms. The third-order valence-corrected chi connectivity index (χ3v) is 4.84. The SMILES string of the molecule is CCn1ncc2ccc(NC[C@@H]3CCO[C@H]3c3nccn3C)cc21. The molecule has 1 aliphatic heterocycles. The van der Waals surface area contributed by atoms with Gasteiger partial charge in [-0.15, -0.1) is 0 Å². The summed E-state index contributed by atoms with van der Waals surface area (Å²) in [4.78, 5) is 4.46. The molecule has 2 atom stereocenters. The van der Waals surface area contributed by atoms with Gasteiger partial charge in [0.25, 0.3) is 0 Å². The minimum Gasteiger partial charge on any atom is -0.385 e. The minimum atomic E-state index is 0.0717. The van der Waals surface area contributed by atoms with Crippen LogP contribution in [0.5, 0.6) is 0 Å². The number of aryl methyl sites for hydroxylation is 2. The summed E-state index contributed by atoms with van der Waals surface area (Å²) in [6.07, 6.45) is 6.86. The van der Waals surface area contributed by atoms with Crippen LogP contribution in [-0.2, 0) is 18.3 Å². The first-order valence-corrected chi connectivity index (χ1v) is 8.54. The van der Waals surface area contributed by atoms with Crippen LogP contribution in [0.4, 0.5) is 5.69 Å². The summed E-state index contributed by atoms with van der Waals surface area (Å²) in [5, 5.41) is 9.16. The summed E-state index contributed by atoms with van der Waals surface area (Å²) in [6.45, 7) is 4.67. The first kappa shape index (κ1) is 15.2. The highest BCUT2D eigenvalue weighted by atomic mass is 16.5. The van der Waals surface area contributed by atoms with E-state index in [0.717, 1.165) is 37.6 Å². The molecule has 1 aliphatic rings. The Morgan fingerprint density at radius 1 is 1.38 bits per heavy atom. The number of rotatable bonds is 5. The Morgan fingerprint density at radius 3 is 3.08 bits per heavy atom. The van der Waals surface area contributed by atoms with Crippen molar-refractivity contribution in [2.24, 2.45) is 13.0 Å². The smallest absolute Gasteiger partial charge is 0.138 e. The van der Waals surface area contributed by atoms with Gasteiger partial charge in [-0.2, -0.15) is 5.10 Å². The molecular formula is C18H23N5O. The normalized spacial score (nSPS) is 20.8. The van der Waals surface area contributed by atoms with Crippen molar-refractivity contribution in [3.63, 3.8) is 0 Å². The second kappa shape index (κ2) is 6.28. The Morgan fingerprint density at radius 2 is 2.29 bits per heavy atom. The van der Waals surface area contributed by atoms with Crippen molar-refractivity contribution >= 4 is 16.6 Å². The maximum Gasteiger partial charge on any atom is 0.138 e. The lowest BCUT2D eigenvalue weighted by Crippen LogP contribution is -2.20. The molecule has 0 saturated carbocycles. The number of imidazole rings is 1. The molecule has 126 valence electrons. The highest BCUT2D eigenvalue weighted by Gasteiger charge is 2.32. The van der Waals surface area contributed by atoms with Crippen LogP contribution in [0.25, 0.3) is 10.9 Å². The maximum absolute atomic E-state index is 5.94. The highest BCUT2D eigenvalue weighted by Crippen LogP contribution is 2.33. The van der Waals surface area contributed by atoms with Crippen LogP contribution in [0, 0.1) is 5.92 Å². The van der Waals surface area contributed by atoms with Crippen molar-refractivity contribution in [1.82, 2.24) is 19.3 Å². The van der Waals surface area contributed by atoms with E-state index in [1.807, 2.05) is 30.3 Å². The predicted molar refractivity (Wildman–Crippen MR) is 93.9 cm³/mol. The lowest BCUT2D eigenvalue weighted by molar-refractivity contribution is 0.0839. The van der Waals surface area contributed by atoms with Gasteiger partial charge in [-0.25, -0.2) is 4.98 Å². The van der Waals surface area contributed by atoms with Gasteiger partial charge >= 0.3 is 0 Å². The van der Waals surface area contributed by atoms with Gasteiger partial charge < -0.3 is 14.6 Å². The zero-order chi connectivity index (χ0) is 16.5. The number of aromatic nitrogens is 4. The Hall–Kier alpha value is -2.34. The molecule has 3 heterocycles. The van der Waals surface area contributed by atoms with Crippen LogP contribution in [-0.4, -0.2) is 32.5 Å². The summed E-state index contributed by atoms with van der Waals surface area (Å²) in [6, 6.07) is 6.42. The first-order valence-electron chi connectivity index (χ1n) is 8.54. The van der Waals surface area contributed by atoms with Crippen molar-refractivity contribution in [3.05, 3.63) is 42.6 Å². The number of nitrogens with one attached hydrogen (secondary N) is 1. The van der Waals surface area contributed by atoms with E-state index in [4.69, 9.17) is 4.74 Å². The van der Waals surface area contributed by atoms with E-state index in [1.165, 1.54) is 10.9 Å². The van der Waals surface area contributed by atoms with Crippen molar-refractivity contribution < 1.29 is 4.74 Å². The second-order valence-corrected chi connectivity index (χ2v) is 6.35. The molecule has 6 heteroatoms. The van der Waals surface area contributed by atoms with Crippen molar-refractivity contribution in [1.29, 1.82) is 0 Å². The van der Waals surface area contributed by atoms with Gasteiger partial charge in [0.2, 0.25) is 0 Å². The molecule has 3 aromatic rings. The predicted octanol–water partition coefficient (Wildman–Crippen LogP) is 2.98. The van der Waals surface area contributed by atoms with Crippen molar-refractivity contribution in [2.45, 2.75) is 26.0 Å². The van der Waals surface area contributed by atoms with E-state index in [-0.39, 0.29) is 6.10 Å². The lowest BCUT2D eigenvalue weighted by Gasteiger charge is -2.19. The van der Waals surface area contributed by atoms with Crippen LogP contribution < -0.4 is 5.32 Å². The van der Waals surface area contributed by atoms with Crippen LogP contribution >= 0.6 is 0 Å². The average Bonchev–Trinajstić information content (AvgIpc) is 3.31. The Labute approximate surface area is 141 Å². The molecule has 4 rings (SSSR count). The fourth-order valence-corrected chi connectivity index (χ4v) is 3.46. The summed E-state index contributed by atoms with van der Waals surface area (Å²) in [5.41, 5.74) is 2.30. The molecule has 24 heavy (non-hydrogen) atoms. The lowest BCUT2D eigenvalue weighted by atomic mass is 10.0. The maximum atomic E-state index is 5.94. The molecule has 0 spiro atoms. The average molecular weight is 325 g/mol. The van der Waals surface area contributed by atoms with Crippen molar-refractivity contribution in [2.75, 3.05) is 18.5 Å². The summed E-state index contributed by atoms with van der Waals surface area (Å²) in [7, 11) is 2.02. The third kappa shape index (κ3) is 2.67. The molecule has 0 unspecified atom stereocenters. The van der Waals surface area contributed by atoms with Crippen LogP contribution in [0.3, 0.4) is 0 Å². The molecule has 1 saturated heterocycles. The summed E-state index contributed by atoms with van der Waals surface area (Å²) in [5.74, 6) is 1.44. The number of benzene rings is 1. The fourth-order valence-electron chi connectivity index (χ4n) is 3.46. The fraction of sp³-hybridized carbons (Fsp3) is 0.444. The van der Waals surface area contributed by atoms with Crippen LogP contribution in [0.1, 0.15) is 25.3 Å². The molecule has 0 aliphatic carbocycles. The standard InChI is InChI=1S/C18H23N5O/c1-3-23-16-10-15(5-4-13(16)12-21-23)20-11-14-6-9-24-17(14)18-19-7-8-22(18)2/h4-5,7-8,10,12,14,17,20H,3,6,9,11H2,1-2H3/t14-,17+/m0/s1. The number of fused-ring (bicyclic) bond motifs is 1. The molecule has 2 aromatic heterocycles. The zero-order valence-corrected chi connectivity index (χ0v) is 14.1. The van der Waals surface area contributed by atoms with E-state index in [0.29, 0.717) is 5.92 Å². The first-order chi connectivity index (χ1) is 11.8. The number of nitrogens with zero attached hydrogens (tertiary/aromatic N) is 4. The van der Waals surface area contributed by atoms with Crippen molar-refractivity contribution in [3.8, 4) is 0 Å². The van der Waals surface area contributed by atoms with E-state index in [1.54, 1.807) is 0 Å². The van der Waals surface area contributed by atoms with Gasteiger partial charge in [0.15, 0.2) is 0 Å². The largest absolute Gasteiger partial charge is 0.385 e. The minimum absolute atomic E-state index is 0.0717. The molecule has 0 radical (unpaired) electrons. The van der Waals surface area contributed by atoms with Gasteiger partial charge in [-0.1, -0.05) is 0 Å². The number of hydrogen-bond donors (Lipinski definition) is 1. The van der Waals surface area contributed by atoms with Gasteiger partial charge in [0, 0.05) is 56.1 Å². The quantitative estimate of drug-likeness (QED) is 0.783. The Kier molecular flexibility index (Phi) is 3.98. The third-order valence-electron chi connectivity index (χ3n) is 4.84. The second-order valence-electron chi connectivity index (χ2n) is 6.35. The van der Waals surface area contributed by atoms with E-state index < -0.39 is 0 Å². The van der Waals surface area contributed by atoms with E-state index in [2.05, 4.69) is 45.1 Å². The van der Waals surface area contributed by atoms with Gasteiger partial charge in [0.1, 0.15) is 11.9 Å². The highest BCUT2D eigenvalue weighted by molar-refractivity contribution is 5.82. The number of ether oxygens (including phenoxy) is 1. The Bertz CT molecular complexity index is 837. The molecule has 1 fully saturated rings. The van der Waals surface area contributed by atoms with Gasteiger partial charge in [-0.3, -0.25) is 4.68 Å². The topological polar surface area (TPSA) is 56.9 Å². The molecular weight excluding hydrogens is 302 g/mol. The van der Waals surface area contributed by atoms with Crippen LogP contribution in [0.2, 0.25) is 0 Å². The Balaban J connectivity index is 1.49. The van der Waals surface area contributed by atoms with Gasteiger partial charge in [-0.05, 0) is 31.5 Å². The molecule has 0 amide bonds. The van der Waals surface area contributed by atoms with E-state index in [9.17, 15) is 0 Å². The summed E-state index contributed by atoms with van der Waals surface area (Å²) < 4.78 is 10.0.